The van der Waals surface area contributed by atoms with E-state index in [2.05, 4.69) is 26.3 Å². The molecule has 4 heterocycles. The number of nitrogens with zero attached hydrogens (tertiary/aromatic N) is 3. The third-order valence-electron chi connectivity index (χ3n) is 4.66. The van der Waals surface area contributed by atoms with E-state index in [1.54, 1.807) is 0 Å². The van der Waals surface area contributed by atoms with Crippen LogP contribution in [0, 0.1) is 0 Å². The molecule has 0 aliphatic carbocycles. The van der Waals surface area contributed by atoms with Gasteiger partial charge in [0, 0.05) is 12.2 Å². The van der Waals surface area contributed by atoms with Crippen LogP contribution in [0.1, 0.15) is 37.5 Å². The Balaban J connectivity index is 1.62. The second-order valence-corrected chi connectivity index (χ2v) is 5.87. The molecule has 2 aliphatic rings. The van der Waals surface area contributed by atoms with Crippen LogP contribution in [0.3, 0.4) is 0 Å². The molecule has 0 bridgehead atoms. The molecule has 2 saturated heterocycles. The van der Waals surface area contributed by atoms with Crippen molar-refractivity contribution in [3.8, 4) is 0 Å². The van der Waals surface area contributed by atoms with Crippen LogP contribution in [0.5, 0.6) is 0 Å². The van der Waals surface area contributed by atoms with Crippen molar-refractivity contribution in [2.45, 2.75) is 37.8 Å². The maximum Gasteiger partial charge on any atom is 0.177 e. The smallest absolute Gasteiger partial charge is 0.177 e. The average Bonchev–Trinajstić information content (AvgIpc) is 3.14. The Hall–Kier alpha value is -1.46. The van der Waals surface area contributed by atoms with E-state index in [0.717, 1.165) is 30.1 Å². The van der Waals surface area contributed by atoms with Crippen molar-refractivity contribution in [2.24, 2.45) is 0 Å². The van der Waals surface area contributed by atoms with E-state index in [0.29, 0.717) is 12.1 Å². The van der Waals surface area contributed by atoms with Gasteiger partial charge < -0.3 is 10.3 Å². The molecule has 2 aliphatic heterocycles. The van der Waals surface area contributed by atoms with Crippen LogP contribution < -0.4 is 5.32 Å². The van der Waals surface area contributed by atoms with E-state index in [-0.39, 0.29) is 0 Å². The van der Waals surface area contributed by atoms with E-state index in [1.165, 1.54) is 32.2 Å². The van der Waals surface area contributed by atoms with Gasteiger partial charge in [0.2, 0.25) is 0 Å². The summed E-state index contributed by atoms with van der Waals surface area (Å²) in [6.07, 6.45) is 6.82. The van der Waals surface area contributed by atoms with Crippen molar-refractivity contribution in [1.29, 1.82) is 0 Å². The molecule has 4 rings (SSSR count). The summed E-state index contributed by atoms with van der Waals surface area (Å²) in [5, 5.41) is 3.45. The standard InChI is InChI=1S/C15H21N5/c1-3-12-14(17-7-1)19-15(18-12)13-4-2-10-20(13)11-5-8-16-9-6-11/h1,3,7,11,13,16H,2,4-6,8-10H2,(H,17,18,19). The molecule has 106 valence electrons. The number of nitrogens with one attached hydrogen (secondary N) is 2. The fraction of sp³-hybridized carbons (Fsp3) is 0.600. The van der Waals surface area contributed by atoms with Gasteiger partial charge in [0.1, 0.15) is 5.82 Å². The molecule has 20 heavy (non-hydrogen) atoms. The molecule has 0 aromatic carbocycles. The Kier molecular flexibility index (Phi) is 3.16. The molecule has 0 saturated carbocycles. The number of aromatic nitrogens is 3. The van der Waals surface area contributed by atoms with Crippen LogP contribution >= 0.6 is 0 Å². The molecule has 1 unspecified atom stereocenters. The minimum atomic E-state index is 0.451. The van der Waals surface area contributed by atoms with Gasteiger partial charge in [-0.1, -0.05) is 0 Å². The van der Waals surface area contributed by atoms with Crippen molar-refractivity contribution in [3.05, 3.63) is 24.2 Å². The number of imidazole rings is 1. The second-order valence-electron chi connectivity index (χ2n) is 5.87. The normalized spacial score (nSPS) is 25.5. The van der Waals surface area contributed by atoms with Crippen LogP contribution in [-0.2, 0) is 0 Å². The monoisotopic (exact) mass is 271 g/mol. The first-order valence-corrected chi connectivity index (χ1v) is 7.69. The van der Waals surface area contributed by atoms with Crippen molar-refractivity contribution in [1.82, 2.24) is 25.2 Å². The maximum absolute atomic E-state index is 4.72. The Labute approximate surface area is 118 Å². The molecule has 0 radical (unpaired) electrons. The number of H-pyrrole nitrogens is 1. The van der Waals surface area contributed by atoms with Gasteiger partial charge in [0.05, 0.1) is 11.6 Å². The number of pyridine rings is 1. The molecule has 0 amide bonds. The summed E-state index contributed by atoms with van der Waals surface area (Å²) in [4.78, 5) is 15.2. The molecule has 2 aromatic heterocycles. The minimum absolute atomic E-state index is 0.451. The lowest BCUT2D eigenvalue weighted by Crippen LogP contribution is -2.42. The zero-order chi connectivity index (χ0) is 13.4. The van der Waals surface area contributed by atoms with Crippen molar-refractivity contribution >= 4 is 11.2 Å². The lowest BCUT2D eigenvalue weighted by Gasteiger charge is -2.35. The third-order valence-corrected chi connectivity index (χ3v) is 4.66. The minimum Gasteiger partial charge on any atom is -0.339 e. The van der Waals surface area contributed by atoms with E-state index >= 15 is 0 Å². The molecule has 1 atom stereocenters. The van der Waals surface area contributed by atoms with E-state index in [4.69, 9.17) is 4.98 Å². The van der Waals surface area contributed by atoms with E-state index in [1.807, 2.05) is 12.3 Å². The highest BCUT2D eigenvalue weighted by Crippen LogP contribution is 2.34. The Bertz CT molecular complexity index is 554. The van der Waals surface area contributed by atoms with Gasteiger partial charge in [-0.05, 0) is 57.5 Å². The second kappa shape index (κ2) is 5.14. The number of hydrogen-bond donors (Lipinski definition) is 2. The van der Waals surface area contributed by atoms with Crippen LogP contribution in [0.2, 0.25) is 0 Å². The molecule has 5 nitrogen and oxygen atoms in total. The summed E-state index contributed by atoms with van der Waals surface area (Å²) in [5.74, 6) is 1.11. The van der Waals surface area contributed by atoms with Gasteiger partial charge in [-0.15, -0.1) is 0 Å². The highest BCUT2D eigenvalue weighted by molar-refractivity contribution is 5.70. The molecular weight excluding hydrogens is 250 g/mol. The zero-order valence-electron chi connectivity index (χ0n) is 11.7. The number of hydrogen-bond acceptors (Lipinski definition) is 4. The van der Waals surface area contributed by atoms with Gasteiger partial charge in [-0.2, -0.15) is 0 Å². The summed E-state index contributed by atoms with van der Waals surface area (Å²) in [7, 11) is 0. The highest BCUT2D eigenvalue weighted by Gasteiger charge is 2.34. The van der Waals surface area contributed by atoms with Gasteiger partial charge in [-0.25, -0.2) is 9.97 Å². The Morgan fingerprint density at radius 2 is 2.10 bits per heavy atom. The number of fused-ring (bicyclic) bond motifs is 1. The van der Waals surface area contributed by atoms with E-state index in [9.17, 15) is 0 Å². The van der Waals surface area contributed by atoms with Crippen molar-refractivity contribution < 1.29 is 0 Å². The first kappa shape index (κ1) is 12.3. The SMILES string of the molecule is c1cnc2nc(C3CCCN3C3CCNCC3)[nH]c2c1. The number of aromatic amines is 1. The van der Waals surface area contributed by atoms with Crippen molar-refractivity contribution in [2.75, 3.05) is 19.6 Å². The molecular formula is C15H21N5. The van der Waals surface area contributed by atoms with Gasteiger partial charge in [0.25, 0.3) is 0 Å². The van der Waals surface area contributed by atoms with Gasteiger partial charge >= 0.3 is 0 Å². The number of piperidine rings is 1. The topological polar surface area (TPSA) is 56.8 Å². The fourth-order valence-corrected chi connectivity index (χ4v) is 3.68. The van der Waals surface area contributed by atoms with Gasteiger partial charge in [-0.3, -0.25) is 4.90 Å². The summed E-state index contributed by atoms with van der Waals surface area (Å²) < 4.78 is 0. The van der Waals surface area contributed by atoms with Crippen LogP contribution in [0.15, 0.2) is 18.3 Å². The largest absolute Gasteiger partial charge is 0.339 e. The van der Waals surface area contributed by atoms with E-state index < -0.39 is 0 Å². The summed E-state index contributed by atoms with van der Waals surface area (Å²) in [5.41, 5.74) is 1.90. The molecule has 5 heteroatoms. The van der Waals surface area contributed by atoms with Gasteiger partial charge in [0.15, 0.2) is 5.65 Å². The van der Waals surface area contributed by atoms with Crippen molar-refractivity contribution in [3.63, 3.8) is 0 Å². The molecule has 0 spiro atoms. The summed E-state index contributed by atoms with van der Waals surface area (Å²) >= 11 is 0. The maximum atomic E-state index is 4.72. The van der Waals surface area contributed by atoms with Crippen LogP contribution in [0.4, 0.5) is 0 Å². The first-order valence-electron chi connectivity index (χ1n) is 7.69. The number of likely N-dealkylation sites (tertiary alicyclic amines) is 1. The quantitative estimate of drug-likeness (QED) is 0.875. The fourth-order valence-electron chi connectivity index (χ4n) is 3.68. The third kappa shape index (κ3) is 2.11. The molecule has 2 fully saturated rings. The lowest BCUT2D eigenvalue weighted by molar-refractivity contribution is 0.144. The van der Waals surface area contributed by atoms with Crippen LogP contribution in [-0.4, -0.2) is 45.5 Å². The Morgan fingerprint density at radius 3 is 2.95 bits per heavy atom. The first-order chi connectivity index (χ1) is 9.92. The zero-order valence-corrected chi connectivity index (χ0v) is 11.7. The number of rotatable bonds is 2. The predicted octanol–water partition coefficient (Wildman–Crippen LogP) is 1.85. The predicted molar refractivity (Wildman–Crippen MR) is 78.5 cm³/mol. The van der Waals surface area contributed by atoms with Crippen LogP contribution in [0.25, 0.3) is 11.2 Å². The summed E-state index contributed by atoms with van der Waals surface area (Å²) in [6, 6.07) is 5.18. The average molecular weight is 271 g/mol. The Morgan fingerprint density at radius 1 is 1.20 bits per heavy atom. The molecule has 2 aromatic rings. The highest BCUT2D eigenvalue weighted by atomic mass is 15.2. The lowest BCUT2D eigenvalue weighted by atomic mass is 10.0. The molecule has 2 N–H and O–H groups in total. The summed E-state index contributed by atoms with van der Waals surface area (Å²) in [6.45, 7) is 3.50.